The van der Waals surface area contributed by atoms with Gasteiger partial charge >= 0.3 is 0 Å². The molecule has 5 heteroatoms. The predicted octanol–water partition coefficient (Wildman–Crippen LogP) is 5.89. The number of nitrogens with one attached hydrogen (secondary N) is 1. The van der Waals surface area contributed by atoms with Crippen molar-refractivity contribution in [3.8, 4) is 11.3 Å². The quantitative estimate of drug-likeness (QED) is 0.432. The molecule has 5 rings (SSSR count). The maximum atomic E-state index is 12.8. The van der Waals surface area contributed by atoms with Crippen LogP contribution in [0, 0.1) is 5.92 Å². The van der Waals surface area contributed by atoms with E-state index in [1.807, 2.05) is 91.5 Å². The summed E-state index contributed by atoms with van der Waals surface area (Å²) in [7, 11) is 0. The van der Waals surface area contributed by atoms with Gasteiger partial charge in [0.1, 0.15) is 11.5 Å². The van der Waals surface area contributed by atoms with Crippen molar-refractivity contribution in [3.63, 3.8) is 0 Å². The fourth-order valence-corrected chi connectivity index (χ4v) is 4.31. The highest BCUT2D eigenvalue weighted by atomic mass is 16.3. The number of hydrogen-bond donors (Lipinski definition) is 1. The van der Waals surface area contributed by atoms with E-state index in [4.69, 9.17) is 4.42 Å². The fourth-order valence-electron chi connectivity index (χ4n) is 4.31. The van der Waals surface area contributed by atoms with Crippen molar-refractivity contribution in [1.29, 1.82) is 0 Å². The van der Waals surface area contributed by atoms with Gasteiger partial charge in [-0.15, -0.1) is 0 Å². The largest absolute Gasteiger partial charge is 0.461 e. The normalized spacial score (nSPS) is 13.2. The van der Waals surface area contributed by atoms with Gasteiger partial charge in [0.05, 0.1) is 0 Å². The van der Waals surface area contributed by atoms with Gasteiger partial charge in [-0.2, -0.15) is 0 Å². The molecule has 1 aliphatic heterocycles. The number of carbonyl (C=O) groups excluding carboxylic acids is 2. The highest BCUT2D eigenvalue weighted by Gasteiger charge is 2.25. The van der Waals surface area contributed by atoms with Crippen LogP contribution in [0.4, 0.5) is 5.69 Å². The first-order valence-electron chi connectivity index (χ1n) is 11.3. The van der Waals surface area contributed by atoms with Crippen LogP contribution in [0.3, 0.4) is 0 Å². The van der Waals surface area contributed by atoms with Gasteiger partial charge in [0.25, 0.3) is 5.91 Å². The summed E-state index contributed by atoms with van der Waals surface area (Å²) in [6.45, 7) is 5.11. The summed E-state index contributed by atoms with van der Waals surface area (Å²) in [6, 6.07) is 23.4. The summed E-state index contributed by atoms with van der Waals surface area (Å²) in [5.41, 5.74) is 3.26. The maximum absolute atomic E-state index is 12.8. The van der Waals surface area contributed by atoms with E-state index in [0.29, 0.717) is 30.8 Å². The molecule has 33 heavy (non-hydrogen) atoms. The van der Waals surface area contributed by atoms with Gasteiger partial charge in [0, 0.05) is 47.8 Å². The third-order valence-electron chi connectivity index (χ3n) is 6.09. The van der Waals surface area contributed by atoms with Crippen LogP contribution in [-0.4, -0.2) is 23.3 Å². The molecular formula is C28H26N2O3. The third-order valence-corrected chi connectivity index (χ3v) is 6.09. The van der Waals surface area contributed by atoms with E-state index in [0.717, 1.165) is 33.4 Å². The molecule has 0 saturated carbocycles. The van der Waals surface area contributed by atoms with Gasteiger partial charge in [-0.1, -0.05) is 56.3 Å². The molecule has 1 aliphatic rings. The van der Waals surface area contributed by atoms with Gasteiger partial charge in [-0.3, -0.25) is 9.59 Å². The van der Waals surface area contributed by atoms with Gasteiger partial charge in [0.15, 0.2) is 0 Å². The Kier molecular flexibility index (Phi) is 5.47. The number of carbonyl (C=O) groups is 2. The molecule has 5 nitrogen and oxygen atoms in total. The van der Waals surface area contributed by atoms with Crippen molar-refractivity contribution in [3.05, 3.63) is 89.7 Å². The number of fused-ring (bicyclic) bond motifs is 2. The number of furan rings is 1. The molecule has 1 aromatic heterocycles. The summed E-state index contributed by atoms with van der Waals surface area (Å²) >= 11 is 0. The van der Waals surface area contributed by atoms with E-state index in [-0.39, 0.29) is 17.7 Å². The third kappa shape index (κ3) is 4.27. The minimum atomic E-state index is -0.153. The smallest absolute Gasteiger partial charge is 0.255 e. The van der Waals surface area contributed by atoms with Gasteiger partial charge in [-0.25, -0.2) is 0 Å². The maximum Gasteiger partial charge on any atom is 0.255 e. The number of amides is 2. The van der Waals surface area contributed by atoms with Gasteiger partial charge in [0.2, 0.25) is 5.91 Å². The second kappa shape index (κ2) is 8.58. The SMILES string of the molecule is CC(C)C(=O)N1CCc2oc(-c3cccc(NC(=O)c4ccc5ccccc5c4)c3)cc2C1. The van der Waals surface area contributed by atoms with Crippen LogP contribution in [0.25, 0.3) is 22.1 Å². The number of nitrogens with zero attached hydrogens (tertiary/aromatic N) is 1. The van der Waals surface area contributed by atoms with Crippen molar-refractivity contribution in [2.24, 2.45) is 5.92 Å². The Hall–Kier alpha value is -3.86. The second-order valence-electron chi connectivity index (χ2n) is 8.82. The Morgan fingerprint density at radius 2 is 1.76 bits per heavy atom. The highest BCUT2D eigenvalue weighted by molar-refractivity contribution is 6.06. The molecule has 0 fully saturated rings. The van der Waals surface area contributed by atoms with E-state index < -0.39 is 0 Å². The molecule has 4 aromatic rings. The van der Waals surface area contributed by atoms with E-state index in [1.54, 1.807) is 0 Å². The van der Waals surface area contributed by atoms with Crippen molar-refractivity contribution in [2.75, 3.05) is 11.9 Å². The fraction of sp³-hybridized carbons (Fsp3) is 0.214. The van der Waals surface area contributed by atoms with Crippen molar-refractivity contribution >= 4 is 28.3 Å². The molecule has 0 saturated heterocycles. The molecule has 2 heterocycles. The summed E-state index contributed by atoms with van der Waals surface area (Å²) in [6.07, 6.45) is 0.714. The zero-order valence-electron chi connectivity index (χ0n) is 18.8. The lowest BCUT2D eigenvalue weighted by atomic mass is 10.1. The predicted molar refractivity (Wildman–Crippen MR) is 130 cm³/mol. The molecule has 0 spiro atoms. The topological polar surface area (TPSA) is 62.6 Å². The second-order valence-corrected chi connectivity index (χ2v) is 8.82. The minimum Gasteiger partial charge on any atom is -0.461 e. The van der Waals surface area contributed by atoms with Gasteiger partial charge < -0.3 is 14.6 Å². The highest BCUT2D eigenvalue weighted by Crippen LogP contribution is 2.31. The molecule has 0 aliphatic carbocycles. The standard InChI is InChI=1S/C28H26N2O3/c1-18(2)28(32)30-13-12-25-23(17-30)16-26(33-25)21-8-5-9-24(15-21)29-27(31)22-11-10-19-6-3-4-7-20(19)14-22/h3-11,14-16,18H,12-13,17H2,1-2H3,(H,29,31). The van der Waals surface area contributed by atoms with E-state index in [2.05, 4.69) is 5.32 Å². The summed E-state index contributed by atoms with van der Waals surface area (Å²) in [5.74, 6) is 1.69. The van der Waals surface area contributed by atoms with E-state index in [1.165, 1.54) is 0 Å². The van der Waals surface area contributed by atoms with E-state index in [9.17, 15) is 9.59 Å². The average molecular weight is 439 g/mol. The van der Waals surface area contributed by atoms with Crippen LogP contribution >= 0.6 is 0 Å². The first-order valence-corrected chi connectivity index (χ1v) is 11.3. The Labute approximate surface area is 193 Å². The van der Waals surface area contributed by atoms with Crippen molar-refractivity contribution in [1.82, 2.24) is 4.90 Å². The lowest BCUT2D eigenvalue weighted by Crippen LogP contribution is -2.37. The first kappa shape index (κ1) is 21.0. The molecule has 166 valence electrons. The van der Waals surface area contributed by atoms with E-state index >= 15 is 0 Å². The zero-order valence-corrected chi connectivity index (χ0v) is 18.8. The molecular weight excluding hydrogens is 412 g/mol. The number of anilines is 1. The Balaban J connectivity index is 1.34. The molecule has 3 aromatic carbocycles. The number of hydrogen-bond acceptors (Lipinski definition) is 3. The minimum absolute atomic E-state index is 0.0131. The number of rotatable bonds is 4. The van der Waals surface area contributed by atoms with Crippen LogP contribution in [0.5, 0.6) is 0 Å². The monoisotopic (exact) mass is 438 g/mol. The Morgan fingerprint density at radius 1 is 0.939 bits per heavy atom. The molecule has 1 N–H and O–H groups in total. The summed E-state index contributed by atoms with van der Waals surface area (Å²) < 4.78 is 6.12. The van der Waals surface area contributed by atoms with Gasteiger partial charge in [-0.05, 0) is 41.1 Å². The van der Waals surface area contributed by atoms with Crippen LogP contribution < -0.4 is 5.32 Å². The molecule has 0 unspecified atom stereocenters. The van der Waals surface area contributed by atoms with Crippen LogP contribution in [0.2, 0.25) is 0 Å². The lowest BCUT2D eigenvalue weighted by Gasteiger charge is -2.27. The van der Waals surface area contributed by atoms with Crippen LogP contribution in [0.15, 0.2) is 77.2 Å². The molecule has 0 bridgehead atoms. The summed E-state index contributed by atoms with van der Waals surface area (Å²) in [4.78, 5) is 27.1. The summed E-state index contributed by atoms with van der Waals surface area (Å²) in [5, 5.41) is 5.13. The molecule has 2 amide bonds. The Bertz CT molecular complexity index is 1350. The lowest BCUT2D eigenvalue weighted by molar-refractivity contribution is -0.135. The number of benzene rings is 3. The Morgan fingerprint density at radius 3 is 2.58 bits per heavy atom. The van der Waals surface area contributed by atoms with Crippen LogP contribution in [0.1, 0.15) is 35.5 Å². The first-order chi connectivity index (χ1) is 16.0. The van der Waals surface area contributed by atoms with Crippen molar-refractivity contribution in [2.45, 2.75) is 26.8 Å². The van der Waals surface area contributed by atoms with Crippen molar-refractivity contribution < 1.29 is 14.0 Å². The molecule has 0 radical (unpaired) electrons. The van der Waals surface area contributed by atoms with Crippen LogP contribution in [-0.2, 0) is 17.8 Å². The average Bonchev–Trinajstić information content (AvgIpc) is 3.27. The molecule has 0 atom stereocenters. The zero-order chi connectivity index (χ0) is 22.9.